The Kier molecular flexibility index (Phi) is 3.53. The predicted molar refractivity (Wildman–Crippen MR) is 76.3 cm³/mol. The molecule has 0 saturated carbocycles. The number of nitrogens with zero attached hydrogens (tertiary/aromatic N) is 3. The maximum atomic E-state index is 5.85. The summed E-state index contributed by atoms with van der Waals surface area (Å²) in [6, 6.07) is 0. The van der Waals surface area contributed by atoms with Gasteiger partial charge in [-0.2, -0.15) is 0 Å². The van der Waals surface area contributed by atoms with E-state index in [1.165, 1.54) is 0 Å². The Balaban J connectivity index is 2.69. The van der Waals surface area contributed by atoms with Gasteiger partial charge < -0.3 is 5.73 Å². The van der Waals surface area contributed by atoms with Gasteiger partial charge in [0.2, 0.25) is 0 Å². The first kappa shape index (κ1) is 12.4. The molecule has 0 atom stereocenters. The van der Waals surface area contributed by atoms with Crippen molar-refractivity contribution in [2.24, 2.45) is 0 Å². The Labute approximate surface area is 109 Å². The second-order valence-corrected chi connectivity index (χ2v) is 4.74. The highest BCUT2D eigenvalue weighted by atomic mass is 32.1. The Hall–Kier alpha value is -2.01. The second kappa shape index (κ2) is 5.10. The highest BCUT2D eigenvalue weighted by molar-refractivity contribution is 7.13. The lowest BCUT2D eigenvalue weighted by Gasteiger charge is -2.00. The molecule has 0 saturated heterocycles. The first-order chi connectivity index (χ1) is 8.65. The number of nitrogen functional groups attached to an aromatic ring is 1. The second-order valence-electron chi connectivity index (χ2n) is 3.70. The van der Waals surface area contributed by atoms with Crippen LogP contribution in [0.5, 0.6) is 0 Å². The predicted octanol–water partition coefficient (Wildman–Crippen LogP) is 1.26. The van der Waals surface area contributed by atoms with Gasteiger partial charge in [-0.3, -0.25) is 0 Å². The Bertz CT molecular complexity index is 700. The molecule has 0 radical (unpaired) electrons. The van der Waals surface area contributed by atoms with Gasteiger partial charge in [0.1, 0.15) is 10.7 Å². The monoisotopic (exact) mass is 258 g/mol. The summed E-state index contributed by atoms with van der Waals surface area (Å²) in [5.74, 6) is 0.405. The molecule has 4 nitrogen and oxygen atoms in total. The molecule has 0 aliphatic heterocycles. The van der Waals surface area contributed by atoms with E-state index in [1.807, 2.05) is 26.0 Å². The number of hydrogen-bond acceptors (Lipinski definition) is 5. The van der Waals surface area contributed by atoms with E-state index < -0.39 is 0 Å². The number of hydrogen-bond donors (Lipinski definition) is 1. The van der Waals surface area contributed by atoms with Crippen molar-refractivity contribution in [2.75, 3.05) is 5.73 Å². The van der Waals surface area contributed by atoms with E-state index in [0.717, 1.165) is 20.6 Å². The number of nitrogens with two attached hydrogens (primary N) is 1. The van der Waals surface area contributed by atoms with Crippen LogP contribution >= 0.6 is 11.3 Å². The molecule has 0 fully saturated rings. The van der Waals surface area contributed by atoms with Crippen molar-refractivity contribution in [3.63, 3.8) is 0 Å². The minimum Gasteiger partial charge on any atom is -0.382 e. The van der Waals surface area contributed by atoms with Crippen molar-refractivity contribution in [2.45, 2.75) is 13.8 Å². The molecule has 2 rings (SSSR count). The summed E-state index contributed by atoms with van der Waals surface area (Å²) < 4.78 is 1.08. The Morgan fingerprint density at radius 1 is 1.39 bits per heavy atom. The summed E-state index contributed by atoms with van der Waals surface area (Å²) in [6.07, 6.45) is 7.25. The number of anilines is 1. The van der Waals surface area contributed by atoms with Crippen LogP contribution < -0.4 is 15.6 Å². The molecule has 0 amide bonds. The van der Waals surface area contributed by atoms with Gasteiger partial charge in [-0.1, -0.05) is 18.7 Å². The third-order valence-electron chi connectivity index (χ3n) is 2.34. The largest absolute Gasteiger partial charge is 0.382 e. The molecule has 2 aromatic heterocycles. The molecule has 2 heterocycles. The molecule has 2 N–H and O–H groups in total. The molecule has 5 heteroatoms. The lowest BCUT2D eigenvalue weighted by Crippen LogP contribution is -2.19. The fourth-order valence-electron chi connectivity index (χ4n) is 1.53. The van der Waals surface area contributed by atoms with Gasteiger partial charge >= 0.3 is 0 Å². The summed E-state index contributed by atoms with van der Waals surface area (Å²) >= 11 is 1.55. The molecule has 0 bridgehead atoms. The van der Waals surface area contributed by atoms with E-state index >= 15 is 0 Å². The zero-order chi connectivity index (χ0) is 13.1. The maximum Gasteiger partial charge on any atom is 0.152 e. The molecule has 92 valence electrons. The van der Waals surface area contributed by atoms with Crippen LogP contribution in [-0.2, 0) is 0 Å². The standard InChI is InChI=1S/C13H14N4S/c1-4-6-9-10(5-2)18-13(17-9)11-12(14)15-7-8(3)16-11/h4-7H,1H2,2-3H3,(H2,14,15)/b9-6+,10-5+. The van der Waals surface area contributed by atoms with E-state index in [4.69, 9.17) is 5.73 Å². The van der Waals surface area contributed by atoms with Crippen LogP contribution in [0.4, 0.5) is 5.82 Å². The van der Waals surface area contributed by atoms with Gasteiger partial charge in [0, 0.05) is 0 Å². The van der Waals surface area contributed by atoms with E-state index in [2.05, 4.69) is 21.5 Å². The summed E-state index contributed by atoms with van der Waals surface area (Å²) in [7, 11) is 0. The van der Waals surface area contributed by atoms with Gasteiger partial charge in [0.15, 0.2) is 5.82 Å². The van der Waals surface area contributed by atoms with E-state index in [1.54, 1.807) is 23.6 Å². The number of thiazole rings is 1. The minimum absolute atomic E-state index is 0.405. The fourth-order valence-corrected chi connectivity index (χ4v) is 2.46. The van der Waals surface area contributed by atoms with Gasteiger partial charge in [0.05, 0.1) is 21.8 Å². The van der Waals surface area contributed by atoms with Crippen molar-refractivity contribution < 1.29 is 0 Å². The summed E-state index contributed by atoms with van der Waals surface area (Å²) in [5, 5.41) is 1.67. The van der Waals surface area contributed by atoms with Crippen LogP contribution in [0, 0.1) is 6.92 Å². The fraction of sp³-hybridized carbons (Fsp3) is 0.154. The Morgan fingerprint density at radius 3 is 2.83 bits per heavy atom. The topological polar surface area (TPSA) is 64.7 Å². The molecule has 2 aromatic rings. The average molecular weight is 258 g/mol. The summed E-state index contributed by atoms with van der Waals surface area (Å²) in [5.41, 5.74) is 7.32. The molecule has 0 unspecified atom stereocenters. The van der Waals surface area contributed by atoms with Crippen LogP contribution in [0.1, 0.15) is 12.6 Å². The first-order valence-corrected chi connectivity index (χ1v) is 6.32. The zero-order valence-corrected chi connectivity index (χ0v) is 11.2. The van der Waals surface area contributed by atoms with Crippen LogP contribution in [0.15, 0.2) is 18.9 Å². The van der Waals surface area contributed by atoms with E-state index in [0.29, 0.717) is 11.5 Å². The van der Waals surface area contributed by atoms with Gasteiger partial charge in [-0.05, 0) is 19.9 Å². The van der Waals surface area contributed by atoms with E-state index in [9.17, 15) is 0 Å². The lowest BCUT2D eigenvalue weighted by molar-refractivity contribution is 1.12. The van der Waals surface area contributed by atoms with Crippen molar-refractivity contribution in [3.8, 4) is 10.7 Å². The summed E-state index contributed by atoms with van der Waals surface area (Å²) in [6.45, 7) is 7.54. The van der Waals surface area contributed by atoms with Crippen molar-refractivity contribution in [3.05, 3.63) is 34.4 Å². The van der Waals surface area contributed by atoms with E-state index in [-0.39, 0.29) is 0 Å². The molecular weight excluding hydrogens is 244 g/mol. The number of allylic oxidation sites excluding steroid dienone is 1. The summed E-state index contributed by atoms with van der Waals surface area (Å²) in [4.78, 5) is 13.0. The number of rotatable bonds is 2. The molecule has 0 aromatic carbocycles. The zero-order valence-electron chi connectivity index (χ0n) is 10.3. The molecule has 18 heavy (non-hydrogen) atoms. The normalized spacial score (nSPS) is 13.0. The maximum absolute atomic E-state index is 5.85. The molecule has 0 aliphatic rings. The number of aryl methyl sites for hydroxylation is 1. The number of aromatic nitrogens is 3. The van der Waals surface area contributed by atoms with Crippen molar-refractivity contribution in [1.82, 2.24) is 15.0 Å². The quantitative estimate of drug-likeness (QED) is 0.880. The highest BCUT2D eigenvalue weighted by Crippen LogP contribution is 2.20. The van der Waals surface area contributed by atoms with Crippen molar-refractivity contribution in [1.29, 1.82) is 0 Å². The van der Waals surface area contributed by atoms with Crippen LogP contribution in [0.3, 0.4) is 0 Å². The molecular formula is C13H14N4S. The highest BCUT2D eigenvalue weighted by Gasteiger charge is 2.10. The van der Waals surface area contributed by atoms with Crippen LogP contribution in [-0.4, -0.2) is 15.0 Å². The van der Waals surface area contributed by atoms with Crippen molar-refractivity contribution >= 4 is 29.3 Å². The molecule has 0 aliphatic carbocycles. The minimum atomic E-state index is 0.405. The lowest BCUT2D eigenvalue weighted by atomic mass is 10.4. The van der Waals surface area contributed by atoms with Gasteiger partial charge in [-0.25, -0.2) is 15.0 Å². The third kappa shape index (κ3) is 2.31. The Morgan fingerprint density at radius 2 is 2.17 bits per heavy atom. The van der Waals surface area contributed by atoms with Crippen LogP contribution in [0.25, 0.3) is 22.9 Å². The van der Waals surface area contributed by atoms with Gasteiger partial charge in [-0.15, -0.1) is 11.3 Å². The molecule has 0 spiro atoms. The first-order valence-electron chi connectivity index (χ1n) is 5.51. The smallest absolute Gasteiger partial charge is 0.152 e. The average Bonchev–Trinajstić information content (AvgIpc) is 2.76. The SMILES string of the molecule is C=C/C=c1/nc(-c2nc(C)cnc2N)s/c1=C/C. The van der Waals surface area contributed by atoms with Gasteiger partial charge in [0.25, 0.3) is 0 Å². The van der Waals surface area contributed by atoms with Crippen LogP contribution in [0.2, 0.25) is 0 Å². The third-order valence-corrected chi connectivity index (χ3v) is 3.49.